The molecule has 0 atom stereocenters. The van der Waals surface area contributed by atoms with Crippen molar-refractivity contribution < 1.29 is 19.1 Å². The lowest BCUT2D eigenvalue weighted by Gasteiger charge is -2.07. The Hall–Kier alpha value is -2.04. The second-order valence-electron chi connectivity index (χ2n) is 3.18. The summed E-state index contributed by atoms with van der Waals surface area (Å²) in [6.45, 7) is 1.86. The summed E-state index contributed by atoms with van der Waals surface area (Å²) in [5, 5.41) is 2.41. The third kappa shape index (κ3) is 2.98. The zero-order valence-electron chi connectivity index (χ0n) is 9.37. The fraction of sp³-hybridized carbons (Fsp3) is 0.273. The quantitative estimate of drug-likeness (QED) is 0.602. The van der Waals surface area contributed by atoms with E-state index in [-0.39, 0.29) is 0 Å². The molecule has 1 N–H and O–H groups in total. The number of hydrogen-bond donors (Lipinski definition) is 1. The van der Waals surface area contributed by atoms with Crippen LogP contribution in [0.3, 0.4) is 0 Å². The van der Waals surface area contributed by atoms with Crippen LogP contribution in [-0.2, 0) is 14.3 Å². The summed E-state index contributed by atoms with van der Waals surface area (Å²) in [5.41, 5.74) is 1.41. The Bertz CT molecular complexity index is 414. The van der Waals surface area contributed by atoms with Crippen molar-refractivity contribution in [1.29, 1.82) is 0 Å². The standard InChI is InChI=1S/C11H13NO4/c1-7-4-8(6-9(5-7)15-2)12-10(13)11(14)16-3/h4-6H,1-3H3,(H,12,13). The normalized spacial score (nSPS) is 9.44. The van der Waals surface area contributed by atoms with Crippen LogP contribution in [0.15, 0.2) is 18.2 Å². The van der Waals surface area contributed by atoms with Crippen molar-refractivity contribution in [2.45, 2.75) is 6.92 Å². The Kier molecular flexibility index (Phi) is 3.88. The Morgan fingerprint density at radius 1 is 1.19 bits per heavy atom. The third-order valence-corrected chi connectivity index (χ3v) is 1.92. The van der Waals surface area contributed by atoms with Gasteiger partial charge in [0.25, 0.3) is 0 Å². The van der Waals surface area contributed by atoms with Crippen molar-refractivity contribution in [3.05, 3.63) is 23.8 Å². The van der Waals surface area contributed by atoms with Crippen LogP contribution in [0, 0.1) is 6.92 Å². The molecule has 0 unspecified atom stereocenters. The van der Waals surface area contributed by atoms with Crippen molar-refractivity contribution in [3.63, 3.8) is 0 Å². The maximum Gasteiger partial charge on any atom is 0.396 e. The molecular weight excluding hydrogens is 210 g/mol. The second-order valence-corrected chi connectivity index (χ2v) is 3.18. The maximum atomic E-state index is 11.2. The van der Waals surface area contributed by atoms with E-state index in [2.05, 4.69) is 10.1 Å². The van der Waals surface area contributed by atoms with E-state index in [0.717, 1.165) is 12.7 Å². The number of carbonyl (C=O) groups excluding carboxylic acids is 2. The summed E-state index contributed by atoms with van der Waals surface area (Å²) in [6, 6.07) is 5.16. The molecule has 1 amide bonds. The third-order valence-electron chi connectivity index (χ3n) is 1.92. The number of esters is 1. The van der Waals surface area contributed by atoms with Gasteiger partial charge in [-0.05, 0) is 24.6 Å². The van der Waals surface area contributed by atoms with Crippen molar-refractivity contribution in [3.8, 4) is 5.75 Å². The van der Waals surface area contributed by atoms with E-state index in [1.807, 2.05) is 13.0 Å². The lowest BCUT2D eigenvalue weighted by atomic mass is 10.2. The highest BCUT2D eigenvalue weighted by molar-refractivity contribution is 6.37. The SMILES string of the molecule is COC(=O)C(=O)Nc1cc(C)cc(OC)c1. The lowest BCUT2D eigenvalue weighted by molar-refractivity contribution is -0.150. The molecule has 0 radical (unpaired) electrons. The van der Waals surface area contributed by atoms with Gasteiger partial charge in [-0.15, -0.1) is 0 Å². The maximum absolute atomic E-state index is 11.2. The van der Waals surface area contributed by atoms with E-state index in [0.29, 0.717) is 11.4 Å². The van der Waals surface area contributed by atoms with Crippen LogP contribution in [0.2, 0.25) is 0 Å². The first kappa shape index (κ1) is 12.0. The van der Waals surface area contributed by atoms with Crippen molar-refractivity contribution in [2.75, 3.05) is 19.5 Å². The van der Waals surface area contributed by atoms with Crippen LogP contribution in [0.1, 0.15) is 5.56 Å². The molecule has 0 spiro atoms. The topological polar surface area (TPSA) is 64.6 Å². The van der Waals surface area contributed by atoms with E-state index in [1.54, 1.807) is 12.1 Å². The minimum absolute atomic E-state index is 0.493. The van der Waals surface area contributed by atoms with Crippen LogP contribution in [-0.4, -0.2) is 26.1 Å². The van der Waals surface area contributed by atoms with Gasteiger partial charge in [0.2, 0.25) is 0 Å². The summed E-state index contributed by atoms with van der Waals surface area (Å²) in [6.07, 6.45) is 0. The van der Waals surface area contributed by atoms with Crippen LogP contribution in [0.25, 0.3) is 0 Å². The molecule has 0 saturated carbocycles. The predicted octanol–water partition coefficient (Wildman–Crippen LogP) is 1.12. The largest absolute Gasteiger partial charge is 0.497 e. The number of anilines is 1. The molecule has 16 heavy (non-hydrogen) atoms. The molecule has 0 heterocycles. The van der Waals surface area contributed by atoms with Gasteiger partial charge in [-0.25, -0.2) is 4.79 Å². The first-order valence-electron chi connectivity index (χ1n) is 4.62. The molecule has 1 rings (SSSR count). The van der Waals surface area contributed by atoms with Crippen molar-refractivity contribution >= 4 is 17.6 Å². The highest BCUT2D eigenvalue weighted by Crippen LogP contribution is 2.20. The number of methoxy groups -OCH3 is 2. The smallest absolute Gasteiger partial charge is 0.396 e. The summed E-state index contributed by atoms with van der Waals surface area (Å²) in [4.78, 5) is 22.1. The zero-order valence-corrected chi connectivity index (χ0v) is 9.37. The molecule has 0 aromatic heterocycles. The molecule has 0 aliphatic heterocycles. The fourth-order valence-electron chi connectivity index (χ4n) is 1.21. The van der Waals surface area contributed by atoms with Crippen LogP contribution < -0.4 is 10.1 Å². The number of benzene rings is 1. The molecule has 86 valence electrons. The number of aryl methyl sites for hydroxylation is 1. The summed E-state index contributed by atoms with van der Waals surface area (Å²) in [5.74, 6) is -1.13. The number of rotatable bonds is 2. The molecule has 5 nitrogen and oxygen atoms in total. The van der Waals surface area contributed by atoms with Crippen LogP contribution in [0.5, 0.6) is 5.75 Å². The minimum atomic E-state index is -0.930. The Morgan fingerprint density at radius 3 is 2.44 bits per heavy atom. The van der Waals surface area contributed by atoms with Gasteiger partial charge >= 0.3 is 11.9 Å². The summed E-state index contributed by atoms with van der Waals surface area (Å²) in [7, 11) is 2.68. The average molecular weight is 223 g/mol. The van der Waals surface area contributed by atoms with Gasteiger partial charge in [0.05, 0.1) is 14.2 Å². The van der Waals surface area contributed by atoms with Gasteiger partial charge in [0.1, 0.15) is 5.75 Å². The number of carbonyl (C=O) groups is 2. The highest BCUT2D eigenvalue weighted by Gasteiger charge is 2.13. The highest BCUT2D eigenvalue weighted by atomic mass is 16.5. The Balaban J connectivity index is 2.85. The van der Waals surface area contributed by atoms with E-state index in [1.165, 1.54) is 7.11 Å². The summed E-state index contributed by atoms with van der Waals surface area (Å²) >= 11 is 0. The van der Waals surface area contributed by atoms with Crippen molar-refractivity contribution in [1.82, 2.24) is 0 Å². The predicted molar refractivity (Wildman–Crippen MR) is 58.4 cm³/mol. The first-order chi connectivity index (χ1) is 7.56. The van der Waals surface area contributed by atoms with Crippen LogP contribution >= 0.6 is 0 Å². The van der Waals surface area contributed by atoms with E-state index in [9.17, 15) is 9.59 Å². The van der Waals surface area contributed by atoms with Crippen molar-refractivity contribution in [2.24, 2.45) is 0 Å². The number of nitrogens with one attached hydrogen (secondary N) is 1. The molecule has 1 aromatic rings. The zero-order chi connectivity index (χ0) is 12.1. The number of amides is 1. The average Bonchev–Trinajstić information content (AvgIpc) is 2.26. The fourth-order valence-corrected chi connectivity index (χ4v) is 1.21. The van der Waals surface area contributed by atoms with E-state index < -0.39 is 11.9 Å². The Morgan fingerprint density at radius 2 is 1.88 bits per heavy atom. The van der Waals surface area contributed by atoms with Gasteiger partial charge in [-0.1, -0.05) is 0 Å². The molecule has 0 fully saturated rings. The molecule has 0 bridgehead atoms. The van der Waals surface area contributed by atoms with Crippen LogP contribution in [0.4, 0.5) is 5.69 Å². The van der Waals surface area contributed by atoms with E-state index in [4.69, 9.17) is 4.74 Å². The second kappa shape index (κ2) is 5.16. The molecule has 0 aliphatic rings. The number of hydrogen-bond acceptors (Lipinski definition) is 4. The monoisotopic (exact) mass is 223 g/mol. The minimum Gasteiger partial charge on any atom is -0.497 e. The van der Waals surface area contributed by atoms with E-state index >= 15 is 0 Å². The van der Waals surface area contributed by atoms with Gasteiger partial charge in [-0.3, -0.25) is 4.79 Å². The molecule has 1 aromatic carbocycles. The number of ether oxygens (including phenoxy) is 2. The molecule has 0 aliphatic carbocycles. The molecule has 0 saturated heterocycles. The Labute approximate surface area is 93.4 Å². The van der Waals surface area contributed by atoms with Gasteiger partial charge in [0.15, 0.2) is 0 Å². The van der Waals surface area contributed by atoms with Gasteiger partial charge < -0.3 is 14.8 Å². The molecular formula is C11H13NO4. The van der Waals surface area contributed by atoms with Gasteiger partial charge in [0, 0.05) is 11.8 Å². The lowest BCUT2D eigenvalue weighted by Crippen LogP contribution is -2.23. The molecule has 5 heteroatoms. The first-order valence-corrected chi connectivity index (χ1v) is 4.62. The summed E-state index contributed by atoms with van der Waals surface area (Å²) < 4.78 is 9.33. The van der Waals surface area contributed by atoms with Gasteiger partial charge in [-0.2, -0.15) is 0 Å².